The highest BCUT2D eigenvalue weighted by Crippen LogP contribution is 2.25. The fraction of sp³-hybridized carbons (Fsp3) is 0.429. The van der Waals surface area contributed by atoms with Gasteiger partial charge in [0, 0.05) is 12.3 Å². The Morgan fingerprint density at radius 1 is 1.37 bits per heavy atom. The maximum absolute atomic E-state index is 12.5. The average Bonchev–Trinajstić information content (AvgIpc) is 3.36. The number of benzene rings is 1. The molecule has 0 saturated carbocycles. The van der Waals surface area contributed by atoms with Crippen molar-refractivity contribution in [3.05, 3.63) is 46.5 Å². The summed E-state index contributed by atoms with van der Waals surface area (Å²) < 4.78 is 7.63. The van der Waals surface area contributed by atoms with Crippen LogP contribution in [0.25, 0.3) is 11.2 Å². The van der Waals surface area contributed by atoms with E-state index in [9.17, 15) is 9.59 Å². The summed E-state index contributed by atoms with van der Waals surface area (Å²) in [5, 5.41) is 3.50. The van der Waals surface area contributed by atoms with Crippen molar-refractivity contribution in [3.8, 4) is 0 Å². The van der Waals surface area contributed by atoms with Gasteiger partial charge in [-0.2, -0.15) is 0 Å². The molecular weight excluding hydrogens is 402 g/mol. The van der Waals surface area contributed by atoms with E-state index in [1.165, 1.54) is 23.7 Å². The molecule has 1 fully saturated rings. The van der Waals surface area contributed by atoms with Crippen LogP contribution >= 0.6 is 11.8 Å². The summed E-state index contributed by atoms with van der Waals surface area (Å²) in [5.74, 6) is 0.493. The summed E-state index contributed by atoms with van der Waals surface area (Å²) in [6, 6.07) is 7.86. The lowest BCUT2D eigenvalue weighted by atomic mass is 10.0. The Morgan fingerprint density at radius 2 is 2.17 bits per heavy atom. The minimum Gasteiger partial charge on any atom is -0.376 e. The molecule has 1 aliphatic rings. The zero-order valence-electron chi connectivity index (χ0n) is 17.1. The van der Waals surface area contributed by atoms with Crippen LogP contribution in [0.3, 0.4) is 0 Å². The van der Waals surface area contributed by atoms with Crippen molar-refractivity contribution < 1.29 is 9.53 Å². The topological polar surface area (TPSA) is 102 Å². The van der Waals surface area contributed by atoms with Crippen molar-refractivity contribution in [2.24, 2.45) is 0 Å². The summed E-state index contributed by atoms with van der Waals surface area (Å²) in [6.45, 7) is 5.57. The molecule has 158 valence electrons. The first-order valence-corrected chi connectivity index (χ1v) is 11.1. The zero-order chi connectivity index (χ0) is 21.1. The van der Waals surface area contributed by atoms with Gasteiger partial charge in [-0.1, -0.05) is 37.7 Å². The van der Waals surface area contributed by atoms with Gasteiger partial charge in [-0.15, -0.1) is 0 Å². The number of nitrogens with zero attached hydrogens (tertiary/aromatic N) is 3. The van der Waals surface area contributed by atoms with E-state index in [2.05, 4.69) is 34.1 Å². The lowest BCUT2D eigenvalue weighted by molar-refractivity contribution is -0.113. The molecule has 30 heavy (non-hydrogen) atoms. The zero-order valence-corrected chi connectivity index (χ0v) is 17.9. The number of amides is 1. The number of thioether (sulfide) groups is 1. The van der Waals surface area contributed by atoms with Gasteiger partial charge in [0.25, 0.3) is 5.56 Å². The molecule has 0 radical (unpaired) electrons. The number of hydrogen-bond acceptors (Lipinski definition) is 6. The van der Waals surface area contributed by atoms with Crippen LogP contribution in [0.2, 0.25) is 0 Å². The first-order chi connectivity index (χ1) is 14.5. The largest absolute Gasteiger partial charge is 0.376 e. The lowest BCUT2D eigenvalue weighted by Crippen LogP contribution is -2.18. The van der Waals surface area contributed by atoms with E-state index in [0.29, 0.717) is 23.3 Å². The fourth-order valence-electron chi connectivity index (χ4n) is 3.47. The van der Waals surface area contributed by atoms with Gasteiger partial charge in [-0.3, -0.25) is 9.59 Å². The predicted octanol–water partition coefficient (Wildman–Crippen LogP) is 3.15. The number of hydrogen-bond donors (Lipinski definition) is 2. The Hall–Kier alpha value is -2.65. The molecule has 2 aromatic heterocycles. The Morgan fingerprint density at radius 3 is 2.87 bits per heavy atom. The second-order valence-electron chi connectivity index (χ2n) is 7.66. The second-order valence-corrected chi connectivity index (χ2v) is 8.60. The maximum Gasteiger partial charge on any atom is 0.278 e. The molecule has 8 nitrogen and oxygen atoms in total. The maximum atomic E-state index is 12.5. The number of imidazole rings is 1. The molecule has 2 N–H and O–H groups in total. The Balaban J connectivity index is 1.48. The Kier molecular flexibility index (Phi) is 6.19. The van der Waals surface area contributed by atoms with Crippen molar-refractivity contribution in [1.29, 1.82) is 0 Å². The highest BCUT2D eigenvalue weighted by atomic mass is 32.2. The fourth-order valence-corrected chi connectivity index (χ4v) is 4.28. The first-order valence-electron chi connectivity index (χ1n) is 10.1. The van der Waals surface area contributed by atoms with Crippen molar-refractivity contribution in [2.75, 3.05) is 17.7 Å². The SMILES string of the molecule is CC(C)c1ccc(NC(=O)CSc2nc3c(=O)[nH]cnc3n2C[C@H]2CCCO2)cc1. The second kappa shape index (κ2) is 9.01. The normalized spacial score (nSPS) is 16.4. The van der Waals surface area contributed by atoms with Crippen LogP contribution in [-0.4, -0.2) is 43.9 Å². The van der Waals surface area contributed by atoms with E-state index in [4.69, 9.17) is 4.74 Å². The van der Waals surface area contributed by atoms with Gasteiger partial charge in [0.2, 0.25) is 5.91 Å². The van der Waals surface area contributed by atoms with Crippen molar-refractivity contribution in [1.82, 2.24) is 19.5 Å². The van der Waals surface area contributed by atoms with Gasteiger partial charge in [0.15, 0.2) is 16.3 Å². The molecule has 0 bridgehead atoms. The van der Waals surface area contributed by atoms with Gasteiger partial charge in [0.1, 0.15) is 0 Å². The van der Waals surface area contributed by atoms with Crippen LogP contribution in [-0.2, 0) is 16.1 Å². The molecule has 0 aliphatic carbocycles. The molecule has 1 amide bonds. The highest BCUT2D eigenvalue weighted by Gasteiger charge is 2.22. The summed E-state index contributed by atoms with van der Waals surface area (Å²) in [7, 11) is 0. The van der Waals surface area contributed by atoms with Gasteiger partial charge in [-0.25, -0.2) is 9.97 Å². The molecule has 0 spiro atoms. The number of H-pyrrole nitrogens is 1. The molecule has 9 heteroatoms. The molecule has 4 rings (SSSR count). The van der Waals surface area contributed by atoms with Crippen LogP contribution < -0.4 is 10.9 Å². The van der Waals surface area contributed by atoms with Crippen molar-refractivity contribution in [3.63, 3.8) is 0 Å². The number of ether oxygens (including phenoxy) is 1. The van der Waals surface area contributed by atoms with Gasteiger partial charge >= 0.3 is 0 Å². The van der Waals surface area contributed by atoms with Gasteiger partial charge in [-0.05, 0) is 36.5 Å². The number of rotatable bonds is 7. The number of anilines is 1. The third kappa shape index (κ3) is 4.57. The van der Waals surface area contributed by atoms with Crippen LogP contribution in [0.5, 0.6) is 0 Å². The van der Waals surface area contributed by atoms with Gasteiger partial charge < -0.3 is 19.6 Å². The van der Waals surface area contributed by atoms with E-state index in [1.807, 2.05) is 28.8 Å². The number of carbonyl (C=O) groups is 1. The minimum atomic E-state index is -0.289. The number of aromatic nitrogens is 4. The van der Waals surface area contributed by atoms with E-state index >= 15 is 0 Å². The molecule has 1 aliphatic heterocycles. The first kappa shape index (κ1) is 20.6. The molecule has 1 atom stereocenters. The van der Waals surface area contributed by atoms with Crippen LogP contribution in [0.4, 0.5) is 5.69 Å². The van der Waals surface area contributed by atoms with E-state index in [1.54, 1.807) is 0 Å². The summed E-state index contributed by atoms with van der Waals surface area (Å²) in [6.07, 6.45) is 3.42. The monoisotopic (exact) mass is 427 g/mol. The van der Waals surface area contributed by atoms with Gasteiger partial charge in [0.05, 0.1) is 24.7 Å². The van der Waals surface area contributed by atoms with Crippen LogP contribution in [0, 0.1) is 0 Å². The van der Waals surface area contributed by atoms with E-state index in [-0.39, 0.29) is 28.8 Å². The van der Waals surface area contributed by atoms with Crippen molar-refractivity contribution in [2.45, 2.75) is 50.4 Å². The minimum absolute atomic E-state index is 0.0659. The summed E-state index contributed by atoms with van der Waals surface area (Å²) in [4.78, 5) is 35.9. The Bertz CT molecular complexity index is 1080. The quantitative estimate of drug-likeness (QED) is 0.562. The molecule has 0 unspecified atom stereocenters. The number of carbonyl (C=O) groups excluding carboxylic acids is 1. The molecule has 1 aromatic carbocycles. The average molecular weight is 428 g/mol. The number of aromatic amines is 1. The van der Waals surface area contributed by atoms with Crippen LogP contribution in [0.1, 0.15) is 38.2 Å². The van der Waals surface area contributed by atoms with Crippen molar-refractivity contribution >= 4 is 34.5 Å². The standard InChI is InChI=1S/C21H25N5O3S/c1-13(2)14-5-7-15(8-6-14)24-17(27)11-30-21-25-18-19(22-12-23-20(18)28)26(21)10-16-4-3-9-29-16/h5-8,12-13,16H,3-4,9-11H2,1-2H3,(H,24,27)(H,22,23,28)/t16-/m1/s1. The van der Waals surface area contributed by atoms with E-state index in [0.717, 1.165) is 25.1 Å². The third-order valence-corrected chi connectivity index (χ3v) is 6.08. The molecule has 3 aromatic rings. The molecule has 1 saturated heterocycles. The summed E-state index contributed by atoms with van der Waals surface area (Å²) >= 11 is 1.29. The lowest BCUT2D eigenvalue weighted by Gasteiger charge is -2.13. The molecular formula is C21H25N5O3S. The van der Waals surface area contributed by atoms with Crippen LogP contribution in [0.15, 0.2) is 40.5 Å². The highest BCUT2D eigenvalue weighted by molar-refractivity contribution is 7.99. The third-order valence-electron chi connectivity index (χ3n) is 5.11. The van der Waals surface area contributed by atoms with E-state index < -0.39 is 0 Å². The predicted molar refractivity (Wildman–Crippen MR) is 117 cm³/mol. The smallest absolute Gasteiger partial charge is 0.278 e. The summed E-state index contributed by atoms with van der Waals surface area (Å²) in [5.41, 5.74) is 2.49. The number of nitrogens with one attached hydrogen (secondary N) is 2. The Labute approximate surface area is 178 Å². The number of fused-ring (bicyclic) bond motifs is 1. The molecule has 3 heterocycles.